The van der Waals surface area contributed by atoms with Gasteiger partial charge in [0.2, 0.25) is 5.95 Å². The van der Waals surface area contributed by atoms with Crippen LogP contribution in [0.5, 0.6) is 0 Å². The van der Waals surface area contributed by atoms with Gasteiger partial charge in [0.15, 0.2) is 11.6 Å². The lowest BCUT2D eigenvalue weighted by Gasteiger charge is -2.40. The van der Waals surface area contributed by atoms with Crippen molar-refractivity contribution in [3.63, 3.8) is 0 Å². The number of aromatic amines is 1. The number of fused-ring (bicyclic) bond motifs is 3. The van der Waals surface area contributed by atoms with E-state index in [4.69, 9.17) is 9.97 Å². The van der Waals surface area contributed by atoms with Crippen LogP contribution in [0.15, 0.2) is 12.1 Å². The largest absolute Gasteiger partial charge is 0.390 e. The zero-order valence-corrected chi connectivity index (χ0v) is 16.6. The lowest BCUT2D eigenvalue weighted by atomic mass is 9.84. The summed E-state index contributed by atoms with van der Waals surface area (Å²) in [5.41, 5.74) is 1.60. The topological polar surface area (TPSA) is 111 Å². The summed E-state index contributed by atoms with van der Waals surface area (Å²) in [5, 5.41) is 26.9. The Labute approximate surface area is 167 Å². The van der Waals surface area contributed by atoms with Crippen molar-refractivity contribution >= 4 is 39.1 Å². The zero-order valence-electron chi connectivity index (χ0n) is 15.8. The van der Waals surface area contributed by atoms with Gasteiger partial charge in [-0.05, 0) is 38.7 Å². The van der Waals surface area contributed by atoms with Gasteiger partial charge in [0.1, 0.15) is 0 Å². The number of H-pyrrole nitrogens is 1. The van der Waals surface area contributed by atoms with Crippen molar-refractivity contribution in [1.82, 2.24) is 25.5 Å². The number of thiophene rings is 1. The van der Waals surface area contributed by atoms with Gasteiger partial charge in [0, 0.05) is 29.1 Å². The monoisotopic (exact) mass is 399 g/mol. The Morgan fingerprint density at radius 3 is 2.79 bits per heavy atom. The second kappa shape index (κ2) is 7.31. The highest BCUT2D eigenvalue weighted by molar-refractivity contribution is 7.19. The third kappa shape index (κ3) is 3.57. The fraction of sp³-hybridized carbons (Fsp3) is 0.526. The highest BCUT2D eigenvalue weighted by Crippen LogP contribution is 2.33. The van der Waals surface area contributed by atoms with E-state index < -0.39 is 0 Å². The molecule has 2 fully saturated rings. The molecule has 5 N–H and O–H groups in total. The van der Waals surface area contributed by atoms with Gasteiger partial charge in [0.05, 0.1) is 22.5 Å². The summed E-state index contributed by atoms with van der Waals surface area (Å²) in [5.74, 6) is 2.05. The fourth-order valence-corrected chi connectivity index (χ4v) is 5.29. The molecule has 2 bridgehead atoms. The number of hydrogen-bond acceptors (Lipinski definition) is 8. The van der Waals surface area contributed by atoms with E-state index >= 15 is 0 Å². The Bertz CT molecular complexity index is 972. The van der Waals surface area contributed by atoms with E-state index in [1.807, 2.05) is 0 Å². The normalized spacial score (nSPS) is 24.4. The molecule has 0 unspecified atom stereocenters. The first-order chi connectivity index (χ1) is 13.7. The molecule has 28 heavy (non-hydrogen) atoms. The Morgan fingerprint density at radius 1 is 1.21 bits per heavy atom. The molecule has 2 saturated heterocycles. The van der Waals surface area contributed by atoms with Gasteiger partial charge in [-0.25, -0.2) is 4.98 Å². The van der Waals surface area contributed by atoms with Crippen molar-refractivity contribution in [3.05, 3.63) is 22.7 Å². The van der Waals surface area contributed by atoms with Crippen LogP contribution in [0, 0.1) is 6.92 Å². The van der Waals surface area contributed by atoms with Crippen LogP contribution in [0.1, 0.15) is 42.7 Å². The number of aryl methyl sites for hydroxylation is 1. The van der Waals surface area contributed by atoms with Crippen LogP contribution >= 0.6 is 11.3 Å². The predicted octanol–water partition coefficient (Wildman–Crippen LogP) is 3.04. The highest BCUT2D eigenvalue weighted by atomic mass is 32.1. The maximum atomic E-state index is 9.25. The molecule has 2 aliphatic rings. The van der Waals surface area contributed by atoms with Crippen LogP contribution in [0.2, 0.25) is 0 Å². The quantitative estimate of drug-likeness (QED) is 0.448. The molecule has 3 atom stereocenters. The number of aliphatic hydroxyl groups is 1. The molecule has 5 rings (SSSR count). The molecule has 2 aliphatic heterocycles. The third-order valence-electron chi connectivity index (χ3n) is 5.59. The summed E-state index contributed by atoms with van der Waals surface area (Å²) in [6, 6.07) is 5.49. The summed E-state index contributed by atoms with van der Waals surface area (Å²) in [6.07, 6.45) is 6.08. The maximum Gasteiger partial charge on any atom is 0.225 e. The van der Waals surface area contributed by atoms with E-state index in [0.717, 1.165) is 28.9 Å². The maximum absolute atomic E-state index is 9.25. The van der Waals surface area contributed by atoms with E-state index in [1.54, 1.807) is 17.4 Å². The Balaban J connectivity index is 1.42. The van der Waals surface area contributed by atoms with Crippen LogP contribution in [-0.2, 0) is 6.61 Å². The minimum absolute atomic E-state index is 0.0726. The zero-order chi connectivity index (χ0) is 19.1. The number of anilines is 3. The van der Waals surface area contributed by atoms with E-state index in [2.05, 4.69) is 39.1 Å². The molecule has 0 saturated carbocycles. The highest BCUT2D eigenvalue weighted by Gasteiger charge is 2.31. The van der Waals surface area contributed by atoms with Crippen molar-refractivity contribution in [3.8, 4) is 0 Å². The van der Waals surface area contributed by atoms with Crippen LogP contribution < -0.4 is 16.0 Å². The summed E-state index contributed by atoms with van der Waals surface area (Å²) in [4.78, 5) is 10.7. The van der Waals surface area contributed by atoms with E-state index in [1.165, 1.54) is 24.1 Å². The van der Waals surface area contributed by atoms with Gasteiger partial charge < -0.3 is 21.1 Å². The smallest absolute Gasteiger partial charge is 0.225 e. The number of nitrogens with zero attached hydrogens (tertiary/aromatic N) is 3. The molecule has 3 aromatic heterocycles. The molecule has 0 aliphatic carbocycles. The molecule has 0 spiro atoms. The number of nitrogens with one attached hydrogen (secondary N) is 4. The lowest BCUT2D eigenvalue weighted by molar-refractivity contribution is 0.230. The minimum atomic E-state index is -0.0726. The predicted molar refractivity (Wildman–Crippen MR) is 111 cm³/mol. The van der Waals surface area contributed by atoms with Gasteiger partial charge >= 0.3 is 0 Å². The van der Waals surface area contributed by atoms with Gasteiger partial charge in [-0.1, -0.05) is 6.42 Å². The van der Waals surface area contributed by atoms with Crippen LogP contribution in [0.4, 0.5) is 17.6 Å². The summed E-state index contributed by atoms with van der Waals surface area (Å²) in [6.45, 7) is 2.01. The number of aliphatic hydroxyl groups excluding tert-OH is 1. The lowest BCUT2D eigenvalue weighted by Crippen LogP contribution is -2.52. The molecule has 0 amide bonds. The van der Waals surface area contributed by atoms with Gasteiger partial charge in [0.25, 0.3) is 0 Å². The SMILES string of the molecule is Cc1cc2nc(N[C@@H]3C[C@H]4CCC[C@@H](C3)N4)nc(Nc3cc(CO)[nH]n3)c2s1. The fourth-order valence-electron chi connectivity index (χ4n) is 4.39. The molecule has 9 heteroatoms. The number of aromatic nitrogens is 4. The second-order valence-electron chi connectivity index (χ2n) is 7.83. The van der Waals surface area contributed by atoms with Crippen molar-refractivity contribution in [2.45, 2.75) is 63.8 Å². The van der Waals surface area contributed by atoms with Gasteiger partial charge in [-0.3, -0.25) is 5.10 Å². The van der Waals surface area contributed by atoms with E-state index in [-0.39, 0.29) is 6.61 Å². The van der Waals surface area contributed by atoms with E-state index in [0.29, 0.717) is 35.6 Å². The first-order valence-electron chi connectivity index (χ1n) is 9.89. The summed E-state index contributed by atoms with van der Waals surface area (Å²) >= 11 is 1.67. The van der Waals surface area contributed by atoms with Crippen LogP contribution in [0.3, 0.4) is 0 Å². The number of rotatable bonds is 5. The van der Waals surface area contributed by atoms with Crippen molar-refractivity contribution in [2.75, 3.05) is 10.6 Å². The molecule has 0 radical (unpaired) electrons. The summed E-state index contributed by atoms with van der Waals surface area (Å²) in [7, 11) is 0. The molecule has 5 heterocycles. The average Bonchev–Trinajstić information content (AvgIpc) is 3.27. The van der Waals surface area contributed by atoms with Gasteiger partial charge in [-0.15, -0.1) is 11.3 Å². The molecular formula is C19H25N7OS. The summed E-state index contributed by atoms with van der Waals surface area (Å²) < 4.78 is 1.01. The molecular weight excluding hydrogens is 374 g/mol. The van der Waals surface area contributed by atoms with E-state index in [9.17, 15) is 5.11 Å². The third-order valence-corrected chi connectivity index (χ3v) is 6.64. The van der Waals surface area contributed by atoms with Gasteiger partial charge in [-0.2, -0.15) is 10.1 Å². The Morgan fingerprint density at radius 2 is 2.04 bits per heavy atom. The first kappa shape index (κ1) is 17.8. The Kier molecular flexibility index (Phi) is 4.65. The average molecular weight is 400 g/mol. The Hall–Kier alpha value is -2.23. The number of piperidine rings is 2. The van der Waals surface area contributed by atoms with Crippen molar-refractivity contribution in [2.24, 2.45) is 0 Å². The molecule has 3 aromatic rings. The number of hydrogen-bond donors (Lipinski definition) is 5. The first-order valence-corrected chi connectivity index (χ1v) is 10.7. The molecule has 8 nitrogen and oxygen atoms in total. The standard InChI is InChI=1S/C19H25N7OS/c1-10-5-15-17(28-10)18(23-16-8-14(9-27)25-26-16)24-19(22-15)21-13-6-11-3-2-4-12(7-13)20-11/h5,8,11-13,20,27H,2-4,6-7,9H2,1H3,(H3,21,22,23,24,25,26)/t11-,12+,13-. The second-order valence-corrected chi connectivity index (χ2v) is 9.09. The minimum Gasteiger partial charge on any atom is -0.390 e. The van der Waals surface area contributed by atoms with Crippen LogP contribution in [0.25, 0.3) is 10.2 Å². The van der Waals surface area contributed by atoms with Crippen molar-refractivity contribution in [1.29, 1.82) is 0 Å². The van der Waals surface area contributed by atoms with Crippen LogP contribution in [-0.4, -0.2) is 43.4 Å². The molecule has 148 valence electrons. The molecule has 0 aromatic carbocycles. The van der Waals surface area contributed by atoms with Crippen molar-refractivity contribution < 1.29 is 5.11 Å².